The number of hydrazine groups is 1. The van der Waals surface area contributed by atoms with E-state index in [1.54, 1.807) is 22.7 Å². The number of rotatable bonds is 3. The monoisotopic (exact) mass is 374 g/mol. The fourth-order valence-corrected chi connectivity index (χ4v) is 4.01. The van der Waals surface area contributed by atoms with Crippen molar-refractivity contribution in [2.24, 2.45) is 5.92 Å². The summed E-state index contributed by atoms with van der Waals surface area (Å²) >= 11 is 1.38. The number of carbonyl (C=O) groups excluding carboxylic acids is 1. The first kappa shape index (κ1) is 17.0. The highest BCUT2D eigenvalue weighted by molar-refractivity contribution is 7.11. The molecule has 1 N–H and O–H groups in total. The number of likely N-dealkylation sites (tertiary alicyclic amines) is 1. The van der Waals surface area contributed by atoms with Crippen LogP contribution in [0.1, 0.15) is 28.2 Å². The zero-order valence-corrected chi connectivity index (χ0v) is 15.1. The zero-order chi connectivity index (χ0) is 18.1. The van der Waals surface area contributed by atoms with Crippen molar-refractivity contribution in [1.29, 1.82) is 0 Å². The molecule has 0 spiro atoms. The molecule has 2 aliphatic rings. The molecule has 2 aliphatic heterocycles. The van der Waals surface area contributed by atoms with Gasteiger partial charge in [-0.25, -0.2) is 14.4 Å². The largest absolute Gasteiger partial charge is 0.391 e. The Labute approximate surface area is 154 Å². The van der Waals surface area contributed by atoms with E-state index in [4.69, 9.17) is 4.84 Å². The van der Waals surface area contributed by atoms with Crippen molar-refractivity contribution in [2.75, 3.05) is 18.1 Å². The fourth-order valence-electron chi connectivity index (χ4n) is 3.24. The van der Waals surface area contributed by atoms with Crippen LogP contribution in [0.3, 0.4) is 0 Å². The Morgan fingerprint density at radius 1 is 1.38 bits per heavy atom. The number of piperidine rings is 1. The standard InChI is InChI=1S/C18H19FN4O2S/c1-12-17(26-11-20-12)18(24)22-8-2-3-13(9-22)16-10-23(21-25-16)15-6-4-14(19)5-7-15/h4-7,10-11,13,21H,2-3,8-9H2,1H3. The topological polar surface area (TPSA) is 57.7 Å². The molecule has 2 aromatic rings. The average molecular weight is 374 g/mol. The summed E-state index contributed by atoms with van der Waals surface area (Å²) in [6, 6.07) is 6.16. The Morgan fingerprint density at radius 3 is 2.92 bits per heavy atom. The van der Waals surface area contributed by atoms with Crippen LogP contribution in [0, 0.1) is 18.7 Å². The molecule has 0 aliphatic carbocycles. The number of aromatic nitrogens is 1. The van der Waals surface area contributed by atoms with Gasteiger partial charge in [0.2, 0.25) is 0 Å². The van der Waals surface area contributed by atoms with Gasteiger partial charge in [-0.3, -0.25) is 4.79 Å². The van der Waals surface area contributed by atoms with Gasteiger partial charge in [0.25, 0.3) is 5.91 Å². The molecule has 1 unspecified atom stereocenters. The Kier molecular flexibility index (Phi) is 4.60. The lowest BCUT2D eigenvalue weighted by molar-refractivity contribution is 0.0581. The Balaban J connectivity index is 1.46. The summed E-state index contributed by atoms with van der Waals surface area (Å²) in [4.78, 5) is 25.1. The van der Waals surface area contributed by atoms with Crippen LogP contribution in [0.25, 0.3) is 0 Å². The Bertz CT molecular complexity index is 836. The predicted octanol–water partition coefficient (Wildman–Crippen LogP) is 3.24. The van der Waals surface area contributed by atoms with Gasteiger partial charge in [-0.2, -0.15) is 0 Å². The van der Waals surface area contributed by atoms with Crippen LogP contribution in [0.5, 0.6) is 0 Å². The predicted molar refractivity (Wildman–Crippen MR) is 96.7 cm³/mol. The second kappa shape index (κ2) is 7.05. The maximum atomic E-state index is 13.1. The first-order valence-electron chi connectivity index (χ1n) is 8.50. The summed E-state index contributed by atoms with van der Waals surface area (Å²) in [7, 11) is 0. The van der Waals surface area contributed by atoms with Gasteiger partial charge in [-0.1, -0.05) is 5.59 Å². The molecule has 0 bridgehead atoms. The molecule has 1 aromatic heterocycles. The summed E-state index contributed by atoms with van der Waals surface area (Å²) in [6.45, 7) is 3.22. The number of thiazole rings is 1. The van der Waals surface area contributed by atoms with Crippen molar-refractivity contribution >= 4 is 22.9 Å². The van der Waals surface area contributed by atoms with Gasteiger partial charge < -0.3 is 9.74 Å². The summed E-state index contributed by atoms with van der Waals surface area (Å²) in [6.07, 6.45) is 3.74. The number of nitrogens with zero attached hydrogens (tertiary/aromatic N) is 3. The molecule has 136 valence electrons. The van der Waals surface area contributed by atoms with Crippen molar-refractivity contribution in [3.05, 3.63) is 58.1 Å². The van der Waals surface area contributed by atoms with Crippen LogP contribution in [0.2, 0.25) is 0 Å². The minimum atomic E-state index is -0.280. The van der Waals surface area contributed by atoms with Gasteiger partial charge in [0.15, 0.2) is 0 Å². The minimum Gasteiger partial charge on any atom is -0.391 e. The molecule has 3 heterocycles. The molecule has 1 saturated heterocycles. The lowest BCUT2D eigenvalue weighted by atomic mass is 9.96. The van der Waals surface area contributed by atoms with Crippen molar-refractivity contribution in [1.82, 2.24) is 15.5 Å². The number of nitrogens with one attached hydrogen (secondary N) is 1. The van der Waals surface area contributed by atoms with E-state index in [9.17, 15) is 9.18 Å². The van der Waals surface area contributed by atoms with Crippen LogP contribution >= 0.6 is 11.3 Å². The quantitative estimate of drug-likeness (QED) is 0.894. The normalized spacial score (nSPS) is 20.1. The third-order valence-electron chi connectivity index (χ3n) is 4.67. The molecule has 1 atom stereocenters. The smallest absolute Gasteiger partial charge is 0.265 e. The number of hydrogen-bond acceptors (Lipinski definition) is 6. The number of anilines is 1. The third kappa shape index (κ3) is 3.30. The van der Waals surface area contributed by atoms with E-state index in [2.05, 4.69) is 10.6 Å². The van der Waals surface area contributed by atoms with Gasteiger partial charge in [0.1, 0.15) is 16.5 Å². The molecule has 26 heavy (non-hydrogen) atoms. The van der Waals surface area contributed by atoms with Gasteiger partial charge in [-0.05, 0) is 44.0 Å². The molecule has 1 amide bonds. The second-order valence-corrected chi connectivity index (χ2v) is 7.28. The zero-order valence-electron chi connectivity index (χ0n) is 14.3. The van der Waals surface area contributed by atoms with Crippen molar-refractivity contribution in [2.45, 2.75) is 19.8 Å². The van der Waals surface area contributed by atoms with Crippen molar-refractivity contribution in [3.63, 3.8) is 0 Å². The molecule has 0 radical (unpaired) electrons. The number of carbonyl (C=O) groups is 1. The van der Waals surface area contributed by atoms with E-state index in [0.717, 1.165) is 36.5 Å². The van der Waals surface area contributed by atoms with Crippen LogP contribution in [0.4, 0.5) is 10.1 Å². The highest BCUT2D eigenvalue weighted by atomic mass is 32.1. The number of aryl methyl sites for hydroxylation is 1. The SMILES string of the molecule is Cc1ncsc1C(=O)N1CCCC(C2=CN(c3ccc(F)cc3)NO2)C1. The Morgan fingerprint density at radius 2 is 2.19 bits per heavy atom. The summed E-state index contributed by atoms with van der Waals surface area (Å²) in [5, 5.41) is 1.71. The molecule has 4 rings (SSSR count). The van der Waals surface area contributed by atoms with E-state index in [1.807, 2.05) is 18.0 Å². The highest BCUT2D eigenvalue weighted by Crippen LogP contribution is 2.29. The molecule has 1 aromatic carbocycles. The summed E-state index contributed by atoms with van der Waals surface area (Å²) in [5.74, 6) is 0.668. The number of benzene rings is 1. The summed E-state index contributed by atoms with van der Waals surface area (Å²) < 4.78 is 13.1. The Hall–Kier alpha value is -2.45. The highest BCUT2D eigenvalue weighted by Gasteiger charge is 2.31. The lowest BCUT2D eigenvalue weighted by Crippen LogP contribution is -2.40. The first-order valence-corrected chi connectivity index (χ1v) is 9.38. The molecular weight excluding hydrogens is 355 g/mol. The number of amides is 1. The molecule has 1 fully saturated rings. The van der Waals surface area contributed by atoms with Crippen LogP contribution < -0.4 is 10.6 Å². The van der Waals surface area contributed by atoms with Crippen LogP contribution in [-0.4, -0.2) is 28.9 Å². The van der Waals surface area contributed by atoms with Crippen LogP contribution in [-0.2, 0) is 4.84 Å². The number of halogens is 1. The first-order chi connectivity index (χ1) is 12.6. The molecule has 0 saturated carbocycles. The van der Waals surface area contributed by atoms with E-state index >= 15 is 0 Å². The van der Waals surface area contributed by atoms with E-state index in [-0.39, 0.29) is 17.6 Å². The fraction of sp³-hybridized carbons (Fsp3) is 0.333. The number of hydrogen-bond donors (Lipinski definition) is 1. The van der Waals surface area contributed by atoms with Gasteiger partial charge >= 0.3 is 0 Å². The van der Waals surface area contributed by atoms with Gasteiger partial charge in [0, 0.05) is 19.0 Å². The molecular formula is C18H19FN4O2S. The minimum absolute atomic E-state index is 0.0386. The van der Waals surface area contributed by atoms with E-state index < -0.39 is 0 Å². The maximum absolute atomic E-state index is 13.1. The maximum Gasteiger partial charge on any atom is 0.265 e. The van der Waals surface area contributed by atoms with Gasteiger partial charge in [0.05, 0.1) is 23.1 Å². The van der Waals surface area contributed by atoms with Crippen molar-refractivity contribution < 1.29 is 14.0 Å². The van der Waals surface area contributed by atoms with Crippen molar-refractivity contribution in [3.8, 4) is 0 Å². The third-order valence-corrected chi connectivity index (χ3v) is 5.59. The van der Waals surface area contributed by atoms with Gasteiger partial charge in [-0.15, -0.1) is 11.3 Å². The van der Waals surface area contributed by atoms with E-state index in [1.165, 1.54) is 23.5 Å². The average Bonchev–Trinajstić information content (AvgIpc) is 3.31. The van der Waals surface area contributed by atoms with Crippen LogP contribution in [0.15, 0.2) is 41.7 Å². The molecule has 6 nitrogen and oxygen atoms in total. The second-order valence-electron chi connectivity index (χ2n) is 6.43. The summed E-state index contributed by atoms with van der Waals surface area (Å²) in [5.41, 5.74) is 6.10. The van der Waals surface area contributed by atoms with E-state index in [0.29, 0.717) is 11.4 Å². The lowest BCUT2D eigenvalue weighted by Gasteiger charge is -2.32. The molecule has 8 heteroatoms.